The second kappa shape index (κ2) is 7.82. The number of esters is 1. The molecule has 10 atom stereocenters. The molecule has 0 aliphatic heterocycles. The number of ether oxygens (including phenoxy) is 1. The van der Waals surface area contributed by atoms with E-state index >= 15 is 0 Å². The number of carbonyl (C=O) groups is 1. The van der Waals surface area contributed by atoms with Crippen LogP contribution in [0.15, 0.2) is 0 Å². The van der Waals surface area contributed by atoms with Gasteiger partial charge in [0.25, 0.3) is 0 Å². The van der Waals surface area contributed by atoms with Crippen LogP contribution in [0.3, 0.4) is 0 Å². The molecule has 4 aliphatic rings. The van der Waals surface area contributed by atoms with Crippen molar-refractivity contribution in [2.75, 3.05) is 7.11 Å². The first kappa shape index (κ1) is 21.6. The first-order valence-electron chi connectivity index (χ1n) is 12.2. The molecule has 0 amide bonds. The summed E-state index contributed by atoms with van der Waals surface area (Å²) in [4.78, 5) is 11.6. The van der Waals surface area contributed by atoms with Crippen LogP contribution in [0.4, 0.5) is 0 Å². The molecule has 4 heteroatoms. The molecule has 4 nitrogen and oxygen atoms in total. The van der Waals surface area contributed by atoms with Gasteiger partial charge in [-0.3, -0.25) is 4.79 Å². The Kier molecular flexibility index (Phi) is 5.83. The van der Waals surface area contributed by atoms with Crippen molar-refractivity contribution in [1.29, 1.82) is 0 Å². The van der Waals surface area contributed by atoms with Crippen molar-refractivity contribution in [3.63, 3.8) is 0 Å². The van der Waals surface area contributed by atoms with Gasteiger partial charge in [-0.2, -0.15) is 0 Å². The van der Waals surface area contributed by atoms with Gasteiger partial charge < -0.3 is 14.9 Å². The third-order valence-electron chi connectivity index (χ3n) is 10.5. The molecule has 4 fully saturated rings. The third kappa shape index (κ3) is 3.28. The third-order valence-corrected chi connectivity index (χ3v) is 10.5. The molecule has 4 rings (SSSR count). The van der Waals surface area contributed by atoms with Crippen molar-refractivity contribution < 1.29 is 19.7 Å². The molecule has 0 bridgehead atoms. The van der Waals surface area contributed by atoms with E-state index in [-0.39, 0.29) is 28.6 Å². The average Bonchev–Trinajstić information content (AvgIpc) is 3.06. The monoisotopic (exact) mass is 406 g/mol. The molecule has 4 saturated carbocycles. The van der Waals surface area contributed by atoms with Gasteiger partial charge >= 0.3 is 5.97 Å². The van der Waals surface area contributed by atoms with Crippen LogP contribution in [-0.2, 0) is 9.53 Å². The standard InChI is InChI=1S/C25H42O4/c1-15(8-11-20(26)29-4)16-9-10-17-21-18(12-14-25(16,17)3)24(2)13-6-5-7-19(24)22(27)23(21)28/h15-19,21-23,27-28H,5-14H2,1-4H3/t15-,16+,17+,18-,19-,21+,22+,23-,24+,25+/m0/s1. The number of methoxy groups -OCH3 is 1. The number of hydrogen-bond donors (Lipinski definition) is 2. The van der Waals surface area contributed by atoms with Gasteiger partial charge in [-0.05, 0) is 91.3 Å². The van der Waals surface area contributed by atoms with Crippen LogP contribution in [-0.4, -0.2) is 35.5 Å². The number of aliphatic hydroxyl groups is 2. The minimum atomic E-state index is -0.565. The second-order valence-electron chi connectivity index (χ2n) is 11.5. The van der Waals surface area contributed by atoms with Crippen molar-refractivity contribution in [3.05, 3.63) is 0 Å². The number of fused-ring (bicyclic) bond motifs is 5. The van der Waals surface area contributed by atoms with E-state index in [0.717, 1.165) is 19.3 Å². The Morgan fingerprint density at radius 3 is 2.41 bits per heavy atom. The van der Waals surface area contributed by atoms with Crippen LogP contribution >= 0.6 is 0 Å². The number of hydrogen-bond acceptors (Lipinski definition) is 4. The summed E-state index contributed by atoms with van der Waals surface area (Å²) in [6, 6.07) is 0. The lowest BCUT2D eigenvalue weighted by atomic mass is 9.43. The van der Waals surface area contributed by atoms with Crippen molar-refractivity contribution in [3.8, 4) is 0 Å². The molecular formula is C25H42O4. The fourth-order valence-electron chi connectivity index (χ4n) is 8.94. The van der Waals surface area contributed by atoms with Crippen LogP contribution in [0.1, 0.15) is 85.0 Å². The maximum atomic E-state index is 11.6. The highest BCUT2D eigenvalue weighted by Crippen LogP contribution is 2.68. The van der Waals surface area contributed by atoms with E-state index in [2.05, 4.69) is 20.8 Å². The van der Waals surface area contributed by atoms with Crippen molar-refractivity contribution in [1.82, 2.24) is 0 Å². The highest BCUT2D eigenvalue weighted by molar-refractivity contribution is 5.69. The zero-order valence-corrected chi connectivity index (χ0v) is 18.9. The molecule has 29 heavy (non-hydrogen) atoms. The van der Waals surface area contributed by atoms with E-state index in [0.29, 0.717) is 30.1 Å². The molecule has 0 saturated heterocycles. The second-order valence-corrected chi connectivity index (χ2v) is 11.5. The summed E-state index contributed by atoms with van der Waals surface area (Å²) in [5.41, 5.74) is 0.409. The minimum absolute atomic E-state index is 0.109. The Labute approximate surface area is 176 Å². The predicted molar refractivity (Wildman–Crippen MR) is 113 cm³/mol. The van der Waals surface area contributed by atoms with Gasteiger partial charge in [-0.15, -0.1) is 0 Å². The highest BCUT2D eigenvalue weighted by Gasteiger charge is 2.64. The maximum absolute atomic E-state index is 11.6. The molecule has 4 aliphatic carbocycles. The van der Waals surface area contributed by atoms with E-state index in [9.17, 15) is 15.0 Å². The summed E-state index contributed by atoms with van der Waals surface area (Å²) in [5.74, 6) is 2.53. The first-order chi connectivity index (χ1) is 13.7. The van der Waals surface area contributed by atoms with E-state index < -0.39 is 12.2 Å². The van der Waals surface area contributed by atoms with Crippen LogP contribution in [0.25, 0.3) is 0 Å². The van der Waals surface area contributed by atoms with Gasteiger partial charge in [0, 0.05) is 6.42 Å². The van der Waals surface area contributed by atoms with Crippen LogP contribution in [0.5, 0.6) is 0 Å². The number of carbonyl (C=O) groups excluding carboxylic acids is 1. The molecule has 0 unspecified atom stereocenters. The maximum Gasteiger partial charge on any atom is 0.305 e. The molecule has 0 heterocycles. The topological polar surface area (TPSA) is 66.8 Å². The fourth-order valence-corrected chi connectivity index (χ4v) is 8.94. The molecule has 0 aromatic rings. The Morgan fingerprint density at radius 2 is 1.69 bits per heavy atom. The summed E-state index contributed by atoms with van der Waals surface area (Å²) in [6.07, 6.45) is 9.80. The summed E-state index contributed by atoms with van der Waals surface area (Å²) >= 11 is 0. The quantitative estimate of drug-likeness (QED) is 0.671. The van der Waals surface area contributed by atoms with Gasteiger partial charge in [0.2, 0.25) is 0 Å². The summed E-state index contributed by atoms with van der Waals surface area (Å²) < 4.78 is 4.85. The first-order valence-corrected chi connectivity index (χ1v) is 12.2. The van der Waals surface area contributed by atoms with Crippen molar-refractivity contribution in [2.45, 2.75) is 97.2 Å². The molecule has 0 radical (unpaired) electrons. The lowest BCUT2D eigenvalue weighted by Gasteiger charge is -2.63. The Balaban J connectivity index is 1.56. The molecule has 2 N–H and O–H groups in total. The SMILES string of the molecule is COC(=O)CC[C@H](C)[C@H]1CC[C@@H]2[C@H]3[C@H](O)[C@H](O)[C@@H]4CCCC[C@]4(C)[C@H]3CC[C@@]21C. The normalized spacial score (nSPS) is 50.2. The van der Waals surface area contributed by atoms with Gasteiger partial charge in [0.1, 0.15) is 0 Å². The molecular weight excluding hydrogens is 364 g/mol. The lowest BCUT2D eigenvalue weighted by molar-refractivity contribution is -0.215. The fraction of sp³-hybridized carbons (Fsp3) is 0.960. The summed E-state index contributed by atoms with van der Waals surface area (Å²) in [6.45, 7) is 7.18. The molecule has 0 aromatic heterocycles. The average molecular weight is 407 g/mol. The Hall–Kier alpha value is -0.610. The zero-order chi connectivity index (χ0) is 21.0. The van der Waals surface area contributed by atoms with E-state index in [4.69, 9.17) is 4.74 Å². The van der Waals surface area contributed by atoms with Crippen molar-refractivity contribution >= 4 is 5.97 Å². The predicted octanol–water partition coefficient (Wildman–Crippen LogP) is 4.57. The number of aliphatic hydroxyl groups excluding tert-OH is 2. The van der Waals surface area contributed by atoms with Gasteiger partial charge in [-0.1, -0.05) is 33.6 Å². The molecule has 0 aromatic carbocycles. The number of rotatable bonds is 4. The Morgan fingerprint density at radius 1 is 0.966 bits per heavy atom. The van der Waals surface area contributed by atoms with Crippen molar-refractivity contribution in [2.24, 2.45) is 46.3 Å². The van der Waals surface area contributed by atoms with Gasteiger partial charge in [-0.25, -0.2) is 0 Å². The van der Waals surface area contributed by atoms with Crippen LogP contribution in [0, 0.1) is 46.3 Å². The van der Waals surface area contributed by atoms with E-state index in [1.807, 2.05) is 0 Å². The smallest absolute Gasteiger partial charge is 0.305 e. The summed E-state index contributed by atoms with van der Waals surface area (Å²) in [5, 5.41) is 22.4. The van der Waals surface area contributed by atoms with Crippen LogP contribution in [0.2, 0.25) is 0 Å². The minimum Gasteiger partial charge on any atom is -0.469 e. The largest absolute Gasteiger partial charge is 0.469 e. The summed E-state index contributed by atoms with van der Waals surface area (Å²) in [7, 11) is 1.47. The van der Waals surface area contributed by atoms with Crippen LogP contribution < -0.4 is 0 Å². The zero-order valence-electron chi connectivity index (χ0n) is 18.9. The lowest BCUT2D eigenvalue weighted by Crippen LogP contribution is -2.63. The Bertz CT molecular complexity index is 620. The van der Waals surface area contributed by atoms with Gasteiger partial charge in [0.05, 0.1) is 19.3 Å². The van der Waals surface area contributed by atoms with E-state index in [1.165, 1.54) is 45.6 Å². The highest BCUT2D eigenvalue weighted by atomic mass is 16.5. The van der Waals surface area contributed by atoms with E-state index in [1.54, 1.807) is 0 Å². The molecule has 166 valence electrons. The van der Waals surface area contributed by atoms with Gasteiger partial charge in [0.15, 0.2) is 0 Å². The molecule has 0 spiro atoms.